The Morgan fingerprint density at radius 2 is 0.727 bits per heavy atom. The molecule has 0 aliphatic carbocycles. The Morgan fingerprint density at radius 1 is 0.325 bits per heavy atom. The van der Waals surface area contributed by atoms with Gasteiger partial charge in [0, 0.05) is 67.3 Å². The number of anilines is 6. The highest BCUT2D eigenvalue weighted by atomic mass is 15.1. The van der Waals surface area contributed by atoms with E-state index in [1.54, 1.807) is 12.1 Å². The summed E-state index contributed by atoms with van der Waals surface area (Å²) in [5, 5.41) is 41.4. The molecule has 0 spiro atoms. The van der Waals surface area contributed by atoms with Gasteiger partial charge in [-0.15, -0.1) is 0 Å². The number of nitriles is 4. The average molecular weight is 984 g/mol. The summed E-state index contributed by atoms with van der Waals surface area (Å²) in [6.07, 6.45) is 0. The largest absolute Gasteiger partial charge is 0.310 e. The topological polar surface area (TPSA) is 132 Å². The lowest BCUT2D eigenvalue weighted by atomic mass is 10.00. The first-order valence-corrected chi connectivity index (χ1v) is 24.9. The summed E-state index contributed by atoms with van der Waals surface area (Å²) in [6, 6.07) is 91.5. The molecule has 2 aromatic heterocycles. The molecule has 0 bridgehead atoms. The van der Waals surface area contributed by atoms with Crippen LogP contribution in [0.4, 0.5) is 34.1 Å². The van der Waals surface area contributed by atoms with Crippen molar-refractivity contribution in [3.05, 3.63) is 271 Å². The van der Waals surface area contributed by atoms with Gasteiger partial charge in [0.05, 0.1) is 69.0 Å². The molecular weight excluding hydrogens is 943 g/mol. The summed E-state index contributed by atoms with van der Waals surface area (Å²) in [5.41, 5.74) is 16.3. The molecule has 0 fully saturated rings. The molecule has 0 unspecified atom stereocenters. The third kappa shape index (κ3) is 8.92. The van der Waals surface area contributed by atoms with Gasteiger partial charge >= 0.3 is 0 Å². The molecule has 0 aliphatic heterocycles. The van der Waals surface area contributed by atoms with Crippen molar-refractivity contribution in [2.45, 2.75) is 0 Å². The standard InChI is InChI=1S/C68H41N9/c69-42-46-19-29-55(30-20-46)75(53-13-3-1-4-14-53)58-35-37-66-62(39-58)63-40-59(76(54-15-5-2-6-16-54)56-31-21-47(43-70)22-32-56)36-38-67(63)77(66)57-33-27-49(28-34-57)48-23-25-50(26-24-48)64-41-65(60-17-9-7-11-51(60)44-71)74-68(73-64)61-18-10-8-12-52(61)45-72/h1-41H. The lowest BCUT2D eigenvalue weighted by molar-refractivity contribution is 1.18. The summed E-state index contributed by atoms with van der Waals surface area (Å²) in [5.74, 6) is 0.402. The van der Waals surface area contributed by atoms with Gasteiger partial charge in [-0.05, 0) is 157 Å². The fourth-order valence-corrected chi connectivity index (χ4v) is 10.0. The number of para-hydroxylation sites is 2. The lowest BCUT2D eigenvalue weighted by Crippen LogP contribution is -2.10. The fourth-order valence-electron chi connectivity index (χ4n) is 10.0. The van der Waals surface area contributed by atoms with E-state index in [0.29, 0.717) is 50.6 Å². The molecule has 2 heterocycles. The summed E-state index contributed by atoms with van der Waals surface area (Å²) in [6.45, 7) is 0. The van der Waals surface area contributed by atoms with Crippen LogP contribution >= 0.6 is 0 Å². The zero-order valence-electron chi connectivity index (χ0n) is 41.2. The molecule has 10 aromatic carbocycles. The van der Waals surface area contributed by atoms with Crippen molar-refractivity contribution in [1.82, 2.24) is 14.5 Å². The van der Waals surface area contributed by atoms with Crippen LogP contribution in [-0.2, 0) is 0 Å². The van der Waals surface area contributed by atoms with Crippen LogP contribution in [0.15, 0.2) is 249 Å². The zero-order valence-corrected chi connectivity index (χ0v) is 41.2. The fraction of sp³-hybridized carbons (Fsp3) is 0. The van der Waals surface area contributed by atoms with Crippen molar-refractivity contribution in [2.75, 3.05) is 9.80 Å². The van der Waals surface area contributed by atoms with Gasteiger partial charge in [0.15, 0.2) is 5.82 Å². The highest BCUT2D eigenvalue weighted by Crippen LogP contribution is 2.43. The highest BCUT2D eigenvalue weighted by Gasteiger charge is 2.21. The number of benzene rings is 10. The molecule has 9 nitrogen and oxygen atoms in total. The molecule has 9 heteroatoms. The Labute approximate surface area is 445 Å². The second kappa shape index (κ2) is 20.3. The second-order valence-corrected chi connectivity index (χ2v) is 18.3. The normalized spacial score (nSPS) is 10.8. The first-order valence-electron chi connectivity index (χ1n) is 24.9. The number of rotatable bonds is 11. The molecule has 12 rings (SSSR count). The molecule has 12 aromatic rings. The monoisotopic (exact) mass is 983 g/mol. The van der Waals surface area contributed by atoms with E-state index in [2.05, 4.69) is 136 Å². The van der Waals surface area contributed by atoms with Crippen LogP contribution in [0.3, 0.4) is 0 Å². The van der Waals surface area contributed by atoms with Crippen molar-refractivity contribution in [3.63, 3.8) is 0 Å². The van der Waals surface area contributed by atoms with Crippen LogP contribution in [0, 0.1) is 45.3 Å². The maximum absolute atomic E-state index is 10.0. The van der Waals surface area contributed by atoms with Gasteiger partial charge in [-0.1, -0.05) is 103 Å². The summed E-state index contributed by atoms with van der Waals surface area (Å²) < 4.78 is 2.31. The minimum Gasteiger partial charge on any atom is -0.310 e. The Morgan fingerprint density at radius 3 is 1.22 bits per heavy atom. The SMILES string of the molecule is N#Cc1ccc(N(c2ccccc2)c2ccc3c(c2)c2cc(N(c4ccccc4)c4ccc(C#N)cc4)ccc2n3-c2ccc(-c3ccc(-c4cc(-c5ccccc5C#N)nc(-c5ccccc5C#N)n4)cc3)cc2)cc1. The molecule has 0 atom stereocenters. The molecule has 0 saturated heterocycles. The number of hydrogen-bond acceptors (Lipinski definition) is 8. The highest BCUT2D eigenvalue weighted by molar-refractivity contribution is 6.12. The quantitative estimate of drug-likeness (QED) is 0.125. The molecule has 358 valence electrons. The number of hydrogen-bond donors (Lipinski definition) is 0. The molecule has 0 amide bonds. The van der Waals surface area contributed by atoms with Crippen LogP contribution in [0.5, 0.6) is 0 Å². The Hall–Kier alpha value is -11.4. The summed E-state index contributed by atoms with van der Waals surface area (Å²) >= 11 is 0. The molecule has 0 radical (unpaired) electrons. The van der Waals surface area contributed by atoms with E-state index in [1.165, 1.54) is 0 Å². The first-order chi connectivity index (χ1) is 38.0. The van der Waals surface area contributed by atoms with Crippen molar-refractivity contribution < 1.29 is 0 Å². The Kier molecular flexibility index (Phi) is 12.3. The van der Waals surface area contributed by atoms with Crippen molar-refractivity contribution in [2.24, 2.45) is 0 Å². The minimum atomic E-state index is 0.402. The van der Waals surface area contributed by atoms with Crippen molar-refractivity contribution >= 4 is 55.9 Å². The van der Waals surface area contributed by atoms with E-state index < -0.39 is 0 Å². The van der Waals surface area contributed by atoms with Gasteiger partial charge in [-0.25, -0.2) is 9.97 Å². The van der Waals surface area contributed by atoms with Crippen molar-refractivity contribution in [1.29, 1.82) is 21.0 Å². The first kappa shape index (κ1) is 46.7. The van der Waals surface area contributed by atoms with Crippen LogP contribution in [0.2, 0.25) is 0 Å². The van der Waals surface area contributed by atoms with E-state index in [4.69, 9.17) is 9.97 Å². The van der Waals surface area contributed by atoms with Gasteiger partial charge in [0.2, 0.25) is 0 Å². The number of fused-ring (bicyclic) bond motifs is 3. The number of nitrogens with zero attached hydrogens (tertiary/aromatic N) is 9. The van der Waals surface area contributed by atoms with Gasteiger partial charge in [-0.3, -0.25) is 0 Å². The summed E-state index contributed by atoms with van der Waals surface area (Å²) in [4.78, 5) is 14.3. The Bertz CT molecular complexity index is 4120. The van der Waals surface area contributed by atoms with E-state index >= 15 is 0 Å². The van der Waals surface area contributed by atoms with E-state index in [0.717, 1.165) is 78.3 Å². The van der Waals surface area contributed by atoms with Crippen LogP contribution in [0.1, 0.15) is 22.3 Å². The third-order valence-corrected chi connectivity index (χ3v) is 13.8. The van der Waals surface area contributed by atoms with Gasteiger partial charge < -0.3 is 14.4 Å². The van der Waals surface area contributed by atoms with Crippen LogP contribution in [0.25, 0.3) is 72.5 Å². The van der Waals surface area contributed by atoms with E-state index in [9.17, 15) is 21.0 Å². The predicted octanol–water partition coefficient (Wildman–Crippen LogP) is 16.7. The smallest absolute Gasteiger partial charge is 0.161 e. The second-order valence-electron chi connectivity index (χ2n) is 18.3. The van der Waals surface area contributed by atoms with Crippen LogP contribution < -0.4 is 9.80 Å². The maximum Gasteiger partial charge on any atom is 0.161 e. The molecular formula is C68H41N9. The average Bonchev–Trinajstić information content (AvgIpc) is 3.99. The molecule has 0 saturated carbocycles. The van der Waals surface area contributed by atoms with Crippen LogP contribution in [-0.4, -0.2) is 14.5 Å². The van der Waals surface area contributed by atoms with E-state index in [-0.39, 0.29) is 0 Å². The summed E-state index contributed by atoms with van der Waals surface area (Å²) in [7, 11) is 0. The van der Waals surface area contributed by atoms with E-state index in [1.807, 2.05) is 140 Å². The lowest BCUT2D eigenvalue weighted by Gasteiger charge is -2.26. The zero-order chi connectivity index (χ0) is 52.2. The van der Waals surface area contributed by atoms with Gasteiger partial charge in [0.1, 0.15) is 0 Å². The third-order valence-electron chi connectivity index (χ3n) is 13.8. The minimum absolute atomic E-state index is 0.402. The predicted molar refractivity (Wildman–Crippen MR) is 306 cm³/mol. The van der Waals surface area contributed by atoms with Gasteiger partial charge in [0.25, 0.3) is 0 Å². The van der Waals surface area contributed by atoms with Gasteiger partial charge in [-0.2, -0.15) is 21.0 Å². The molecule has 0 aliphatic rings. The maximum atomic E-state index is 10.0. The Balaban J connectivity index is 0.963. The molecule has 0 N–H and O–H groups in total. The number of aromatic nitrogens is 3. The van der Waals surface area contributed by atoms with Crippen molar-refractivity contribution in [3.8, 4) is 75.0 Å². The molecule has 77 heavy (non-hydrogen) atoms.